The number of rotatable bonds is 5. The molecule has 3 rings (SSSR count). The summed E-state index contributed by atoms with van der Waals surface area (Å²) in [6.07, 6.45) is 5.49. The number of benzene rings is 1. The zero-order valence-corrected chi connectivity index (χ0v) is 12.9. The Bertz CT molecular complexity index is 700. The molecule has 1 aromatic carbocycles. The molecule has 0 unspecified atom stereocenters. The second-order valence-electron chi connectivity index (χ2n) is 5.70. The van der Waals surface area contributed by atoms with Gasteiger partial charge in [-0.3, -0.25) is 9.59 Å². The van der Waals surface area contributed by atoms with Crippen molar-refractivity contribution in [2.75, 3.05) is 6.54 Å². The van der Waals surface area contributed by atoms with Gasteiger partial charge in [0.15, 0.2) is 5.78 Å². The van der Waals surface area contributed by atoms with E-state index in [-0.39, 0.29) is 11.7 Å². The van der Waals surface area contributed by atoms with Crippen LogP contribution in [0.2, 0.25) is 0 Å². The van der Waals surface area contributed by atoms with Crippen molar-refractivity contribution in [3.8, 4) is 0 Å². The third-order valence-corrected chi connectivity index (χ3v) is 4.10. The monoisotopic (exact) mass is 309 g/mol. The van der Waals surface area contributed by atoms with Crippen molar-refractivity contribution in [2.24, 2.45) is 0 Å². The lowest BCUT2D eigenvalue weighted by Gasteiger charge is -2.27. The number of fused-ring (bicyclic) bond motifs is 1. The number of carbonyl (C=O) groups is 2. The zero-order valence-electron chi connectivity index (χ0n) is 12.9. The topological polar surface area (TPSA) is 63.2 Å². The van der Waals surface area contributed by atoms with Gasteiger partial charge in [-0.15, -0.1) is 0 Å². The Kier molecular flexibility index (Phi) is 4.76. The molecule has 0 N–H and O–H groups in total. The third-order valence-electron chi connectivity index (χ3n) is 4.10. The number of Topliss-reactive ketones (excluding diaryl/α,β-unsaturated/α-hetero) is 1. The molecule has 1 amide bonds. The van der Waals surface area contributed by atoms with E-state index in [0.29, 0.717) is 37.9 Å². The molecule has 0 radical (unpaired) electrons. The third kappa shape index (κ3) is 3.80. The standard InChI is InChI=1S/C18H19N3O2/c22-17(14-5-2-1-3-6-14)7-4-8-18(23)21-10-9-16-15(12-21)11-19-13-20-16/h1-3,5-6,11,13H,4,7-10,12H2. The summed E-state index contributed by atoms with van der Waals surface area (Å²) in [7, 11) is 0. The Hall–Kier alpha value is -2.56. The summed E-state index contributed by atoms with van der Waals surface area (Å²) in [6.45, 7) is 1.26. The van der Waals surface area contributed by atoms with Gasteiger partial charge in [0.05, 0.1) is 5.69 Å². The zero-order chi connectivity index (χ0) is 16.1. The number of hydrogen-bond acceptors (Lipinski definition) is 4. The van der Waals surface area contributed by atoms with Gasteiger partial charge in [-0.05, 0) is 6.42 Å². The van der Waals surface area contributed by atoms with Crippen LogP contribution in [0, 0.1) is 0 Å². The Balaban J connectivity index is 1.48. The average molecular weight is 309 g/mol. The summed E-state index contributed by atoms with van der Waals surface area (Å²) >= 11 is 0. The summed E-state index contributed by atoms with van der Waals surface area (Å²) in [4.78, 5) is 34.4. The Morgan fingerprint density at radius 1 is 1.13 bits per heavy atom. The van der Waals surface area contributed by atoms with Crippen LogP contribution in [-0.4, -0.2) is 33.1 Å². The summed E-state index contributed by atoms with van der Waals surface area (Å²) in [5.74, 6) is 0.191. The van der Waals surface area contributed by atoms with Gasteiger partial charge in [0, 0.05) is 49.7 Å². The minimum absolute atomic E-state index is 0.0933. The van der Waals surface area contributed by atoms with Crippen LogP contribution < -0.4 is 0 Å². The van der Waals surface area contributed by atoms with Gasteiger partial charge in [-0.25, -0.2) is 9.97 Å². The quantitative estimate of drug-likeness (QED) is 0.796. The van der Waals surface area contributed by atoms with E-state index in [1.54, 1.807) is 12.5 Å². The van der Waals surface area contributed by atoms with Crippen molar-refractivity contribution in [1.82, 2.24) is 14.9 Å². The number of carbonyl (C=O) groups excluding carboxylic acids is 2. The van der Waals surface area contributed by atoms with Gasteiger partial charge in [0.1, 0.15) is 6.33 Å². The van der Waals surface area contributed by atoms with Crippen LogP contribution in [-0.2, 0) is 17.8 Å². The van der Waals surface area contributed by atoms with E-state index in [2.05, 4.69) is 9.97 Å². The van der Waals surface area contributed by atoms with Gasteiger partial charge in [0.25, 0.3) is 0 Å². The number of amides is 1. The van der Waals surface area contributed by atoms with Crippen LogP contribution in [0.3, 0.4) is 0 Å². The molecule has 118 valence electrons. The first kappa shape index (κ1) is 15.3. The van der Waals surface area contributed by atoms with Crippen molar-refractivity contribution in [2.45, 2.75) is 32.2 Å². The summed E-state index contributed by atoms with van der Waals surface area (Å²) in [5, 5.41) is 0. The fourth-order valence-corrected chi connectivity index (χ4v) is 2.81. The SMILES string of the molecule is O=C(CCCC(=O)N1CCc2ncncc2C1)c1ccccc1. The molecular formula is C18H19N3O2. The number of aromatic nitrogens is 2. The van der Waals surface area contributed by atoms with Crippen molar-refractivity contribution in [1.29, 1.82) is 0 Å². The molecule has 5 nitrogen and oxygen atoms in total. The number of ketones is 1. The van der Waals surface area contributed by atoms with Crippen LogP contribution in [0.15, 0.2) is 42.9 Å². The smallest absolute Gasteiger partial charge is 0.222 e. The number of nitrogens with zero attached hydrogens (tertiary/aromatic N) is 3. The van der Waals surface area contributed by atoms with E-state index in [9.17, 15) is 9.59 Å². The Morgan fingerprint density at radius 2 is 1.96 bits per heavy atom. The molecule has 0 saturated carbocycles. The van der Waals surface area contributed by atoms with E-state index in [0.717, 1.165) is 17.7 Å². The lowest BCUT2D eigenvalue weighted by molar-refractivity contribution is -0.132. The van der Waals surface area contributed by atoms with E-state index in [1.165, 1.54) is 0 Å². The maximum atomic E-state index is 12.3. The van der Waals surface area contributed by atoms with Crippen molar-refractivity contribution < 1.29 is 9.59 Å². The minimum atomic E-state index is 0.0933. The maximum Gasteiger partial charge on any atom is 0.222 e. The minimum Gasteiger partial charge on any atom is -0.338 e. The highest BCUT2D eigenvalue weighted by Crippen LogP contribution is 2.17. The van der Waals surface area contributed by atoms with Crippen LogP contribution >= 0.6 is 0 Å². The van der Waals surface area contributed by atoms with Crippen LogP contribution in [0.4, 0.5) is 0 Å². The predicted octanol–water partition coefficient (Wildman–Crippen LogP) is 2.41. The molecule has 1 aliphatic rings. The predicted molar refractivity (Wildman–Crippen MR) is 85.8 cm³/mol. The van der Waals surface area contributed by atoms with Crippen molar-refractivity contribution >= 4 is 11.7 Å². The van der Waals surface area contributed by atoms with Crippen LogP contribution in [0.25, 0.3) is 0 Å². The lowest BCUT2D eigenvalue weighted by atomic mass is 10.0. The first-order valence-corrected chi connectivity index (χ1v) is 7.88. The Morgan fingerprint density at radius 3 is 2.78 bits per heavy atom. The second kappa shape index (κ2) is 7.13. The first-order valence-electron chi connectivity index (χ1n) is 7.88. The molecule has 0 aliphatic carbocycles. The van der Waals surface area contributed by atoms with Crippen LogP contribution in [0.1, 0.15) is 40.9 Å². The van der Waals surface area contributed by atoms with Gasteiger partial charge < -0.3 is 4.90 Å². The molecule has 2 aromatic rings. The highest BCUT2D eigenvalue weighted by atomic mass is 16.2. The molecular weight excluding hydrogens is 290 g/mol. The average Bonchev–Trinajstić information content (AvgIpc) is 2.61. The largest absolute Gasteiger partial charge is 0.338 e. The molecule has 1 aromatic heterocycles. The van der Waals surface area contributed by atoms with E-state index >= 15 is 0 Å². The van der Waals surface area contributed by atoms with Gasteiger partial charge in [0.2, 0.25) is 5.91 Å². The summed E-state index contributed by atoms with van der Waals surface area (Å²) in [5.41, 5.74) is 2.76. The van der Waals surface area contributed by atoms with Crippen molar-refractivity contribution in [3.05, 3.63) is 59.7 Å². The maximum absolute atomic E-state index is 12.3. The molecule has 0 atom stereocenters. The molecule has 2 heterocycles. The lowest BCUT2D eigenvalue weighted by Crippen LogP contribution is -2.36. The van der Waals surface area contributed by atoms with Gasteiger partial charge >= 0.3 is 0 Å². The number of hydrogen-bond donors (Lipinski definition) is 0. The highest BCUT2D eigenvalue weighted by Gasteiger charge is 2.21. The molecule has 0 bridgehead atoms. The molecule has 0 fully saturated rings. The fourth-order valence-electron chi connectivity index (χ4n) is 2.81. The van der Waals surface area contributed by atoms with Gasteiger partial charge in [-0.1, -0.05) is 30.3 Å². The molecule has 0 saturated heterocycles. The molecule has 0 spiro atoms. The van der Waals surface area contributed by atoms with E-state index in [4.69, 9.17) is 0 Å². The Labute approximate surface area is 135 Å². The summed E-state index contributed by atoms with van der Waals surface area (Å²) < 4.78 is 0. The van der Waals surface area contributed by atoms with E-state index in [1.807, 2.05) is 35.2 Å². The second-order valence-corrected chi connectivity index (χ2v) is 5.70. The van der Waals surface area contributed by atoms with Crippen molar-refractivity contribution in [3.63, 3.8) is 0 Å². The highest BCUT2D eigenvalue weighted by molar-refractivity contribution is 5.96. The van der Waals surface area contributed by atoms with Gasteiger partial charge in [-0.2, -0.15) is 0 Å². The van der Waals surface area contributed by atoms with E-state index < -0.39 is 0 Å². The summed E-state index contributed by atoms with van der Waals surface area (Å²) in [6, 6.07) is 9.22. The molecule has 23 heavy (non-hydrogen) atoms. The van der Waals surface area contributed by atoms with Crippen LogP contribution in [0.5, 0.6) is 0 Å². The molecule has 1 aliphatic heterocycles. The molecule has 5 heteroatoms. The normalized spacial score (nSPS) is 13.5. The fraction of sp³-hybridized carbons (Fsp3) is 0.333. The first-order chi connectivity index (χ1) is 11.2.